The van der Waals surface area contributed by atoms with Gasteiger partial charge >= 0.3 is 6.01 Å². The molecule has 0 saturated heterocycles. The first-order valence-electron chi connectivity index (χ1n) is 8.96. The predicted octanol–water partition coefficient (Wildman–Crippen LogP) is 4.79. The van der Waals surface area contributed by atoms with Gasteiger partial charge in [0.25, 0.3) is 0 Å². The van der Waals surface area contributed by atoms with Crippen LogP contribution in [0.1, 0.15) is 35.4 Å². The van der Waals surface area contributed by atoms with Crippen molar-refractivity contribution in [1.82, 2.24) is 10.2 Å². The van der Waals surface area contributed by atoms with E-state index in [4.69, 9.17) is 4.42 Å². The van der Waals surface area contributed by atoms with Crippen LogP contribution < -0.4 is 5.32 Å². The Bertz CT molecular complexity index is 873. The van der Waals surface area contributed by atoms with E-state index < -0.39 is 0 Å². The second-order valence-corrected chi connectivity index (χ2v) is 7.64. The molecule has 1 N–H and O–H groups in total. The largest absolute Gasteiger partial charge is 0.407 e. The molecule has 0 fully saturated rings. The topological polar surface area (TPSA) is 68.0 Å². The Kier molecular flexibility index (Phi) is 6.65. The zero-order chi connectivity index (χ0) is 19.1. The van der Waals surface area contributed by atoms with E-state index in [1.54, 1.807) is 11.8 Å². The van der Waals surface area contributed by atoms with Gasteiger partial charge in [-0.25, -0.2) is 0 Å². The van der Waals surface area contributed by atoms with Crippen LogP contribution in [-0.4, -0.2) is 21.9 Å². The average molecular weight is 382 g/mol. The Morgan fingerprint density at radius 2 is 1.67 bits per heavy atom. The van der Waals surface area contributed by atoms with Crippen LogP contribution in [0.25, 0.3) is 0 Å². The molecule has 3 aromatic rings. The minimum atomic E-state index is -0.106. The molecular formula is C21H23N3O2S. The number of anilines is 1. The van der Waals surface area contributed by atoms with Gasteiger partial charge in [0.2, 0.25) is 11.8 Å². The molecule has 1 heterocycles. The van der Waals surface area contributed by atoms with Crippen molar-refractivity contribution in [2.75, 3.05) is 11.1 Å². The first-order chi connectivity index (χ1) is 13.1. The molecule has 5 nitrogen and oxygen atoms in total. The third kappa shape index (κ3) is 6.25. The number of hydrogen-bond acceptors (Lipinski definition) is 5. The van der Waals surface area contributed by atoms with Crippen LogP contribution in [0.3, 0.4) is 0 Å². The fourth-order valence-corrected chi connectivity index (χ4v) is 3.35. The van der Waals surface area contributed by atoms with Crippen molar-refractivity contribution in [3.8, 4) is 0 Å². The number of carbonyl (C=O) groups excluding carboxylic acids is 1. The van der Waals surface area contributed by atoms with Gasteiger partial charge in [-0.1, -0.05) is 52.6 Å². The van der Waals surface area contributed by atoms with Crippen molar-refractivity contribution in [3.05, 3.63) is 71.1 Å². The molecule has 2 aromatic carbocycles. The number of rotatable bonds is 8. The minimum Gasteiger partial charge on any atom is -0.407 e. The summed E-state index contributed by atoms with van der Waals surface area (Å²) in [6.45, 7) is 4.12. The molecule has 0 bridgehead atoms. The van der Waals surface area contributed by atoms with Gasteiger partial charge in [-0.3, -0.25) is 10.1 Å². The van der Waals surface area contributed by atoms with E-state index in [0.717, 1.165) is 17.7 Å². The molecule has 0 aliphatic heterocycles. The number of amides is 1. The van der Waals surface area contributed by atoms with E-state index in [-0.39, 0.29) is 11.9 Å². The Morgan fingerprint density at radius 1 is 1.00 bits per heavy atom. The predicted molar refractivity (Wildman–Crippen MR) is 108 cm³/mol. The molecule has 27 heavy (non-hydrogen) atoms. The Balaban J connectivity index is 1.39. The van der Waals surface area contributed by atoms with Gasteiger partial charge in [0.1, 0.15) is 0 Å². The summed E-state index contributed by atoms with van der Waals surface area (Å²) in [5.74, 6) is 1.27. The van der Waals surface area contributed by atoms with Gasteiger partial charge in [0.15, 0.2) is 0 Å². The number of hydrogen-bond donors (Lipinski definition) is 1. The van der Waals surface area contributed by atoms with Crippen LogP contribution in [-0.2, 0) is 11.2 Å². The summed E-state index contributed by atoms with van der Waals surface area (Å²) in [6, 6.07) is 16.7. The van der Waals surface area contributed by atoms with Crippen LogP contribution in [0, 0.1) is 13.8 Å². The van der Waals surface area contributed by atoms with Gasteiger partial charge in [0.05, 0.1) is 6.42 Å². The van der Waals surface area contributed by atoms with Gasteiger partial charge < -0.3 is 4.42 Å². The molecule has 1 amide bonds. The lowest BCUT2D eigenvalue weighted by Crippen LogP contribution is -2.11. The summed E-state index contributed by atoms with van der Waals surface area (Å²) in [6.07, 6.45) is 1.76. The van der Waals surface area contributed by atoms with Crippen molar-refractivity contribution in [3.63, 3.8) is 0 Å². The fraction of sp³-hybridized carbons (Fsp3) is 0.286. The van der Waals surface area contributed by atoms with E-state index in [1.165, 1.54) is 16.0 Å². The maximum Gasteiger partial charge on any atom is 0.322 e. The molecule has 0 radical (unpaired) electrons. The van der Waals surface area contributed by atoms with Gasteiger partial charge in [-0.15, -0.1) is 16.9 Å². The number of aryl methyl sites for hydroxylation is 2. The average Bonchev–Trinajstić information content (AvgIpc) is 3.09. The zero-order valence-electron chi connectivity index (χ0n) is 15.6. The molecule has 3 rings (SSSR count). The Hall–Kier alpha value is -2.60. The number of carbonyl (C=O) groups is 1. The van der Waals surface area contributed by atoms with E-state index >= 15 is 0 Å². The van der Waals surface area contributed by atoms with Crippen LogP contribution >= 0.6 is 11.8 Å². The number of nitrogens with one attached hydrogen (secondary N) is 1. The zero-order valence-corrected chi connectivity index (χ0v) is 16.4. The Labute approximate surface area is 163 Å². The van der Waals surface area contributed by atoms with E-state index in [9.17, 15) is 4.79 Å². The van der Waals surface area contributed by atoms with Crippen molar-refractivity contribution in [2.24, 2.45) is 0 Å². The molecule has 0 aliphatic carbocycles. The lowest BCUT2D eigenvalue weighted by Gasteiger charge is -2.02. The molecule has 0 unspecified atom stereocenters. The highest BCUT2D eigenvalue weighted by Crippen LogP contribution is 2.20. The third-order valence-electron chi connectivity index (χ3n) is 4.03. The van der Waals surface area contributed by atoms with E-state index in [0.29, 0.717) is 18.7 Å². The highest BCUT2D eigenvalue weighted by Gasteiger charge is 2.10. The summed E-state index contributed by atoms with van der Waals surface area (Å²) < 4.78 is 5.52. The van der Waals surface area contributed by atoms with Crippen LogP contribution in [0.5, 0.6) is 0 Å². The maximum absolute atomic E-state index is 12.0. The summed E-state index contributed by atoms with van der Waals surface area (Å²) in [5, 5.41) is 10.6. The number of benzene rings is 2. The number of nitrogens with zero attached hydrogens (tertiary/aromatic N) is 2. The van der Waals surface area contributed by atoms with Crippen LogP contribution in [0.15, 0.2) is 57.8 Å². The van der Waals surface area contributed by atoms with Gasteiger partial charge in [-0.2, -0.15) is 0 Å². The smallest absolute Gasteiger partial charge is 0.322 e. The monoisotopic (exact) mass is 381 g/mol. The second kappa shape index (κ2) is 9.37. The van der Waals surface area contributed by atoms with Crippen molar-refractivity contribution < 1.29 is 9.21 Å². The SMILES string of the molecule is Cc1ccc(Cc2nnc(NC(=O)CCCSc3ccc(C)cc3)o2)cc1. The van der Waals surface area contributed by atoms with Crippen LogP contribution in [0.2, 0.25) is 0 Å². The van der Waals surface area contributed by atoms with Gasteiger partial charge in [-0.05, 0) is 43.7 Å². The minimum absolute atomic E-state index is 0.106. The molecule has 0 aliphatic rings. The van der Waals surface area contributed by atoms with Crippen molar-refractivity contribution in [2.45, 2.75) is 38.0 Å². The summed E-state index contributed by atoms with van der Waals surface area (Å²) in [5.41, 5.74) is 3.55. The summed E-state index contributed by atoms with van der Waals surface area (Å²) in [4.78, 5) is 13.2. The van der Waals surface area contributed by atoms with E-state index in [1.807, 2.05) is 31.2 Å². The normalized spacial score (nSPS) is 10.7. The number of aromatic nitrogens is 2. The number of thioether (sulfide) groups is 1. The van der Waals surface area contributed by atoms with E-state index in [2.05, 4.69) is 46.7 Å². The summed E-state index contributed by atoms with van der Waals surface area (Å²) in [7, 11) is 0. The molecule has 140 valence electrons. The maximum atomic E-state index is 12.0. The molecule has 0 spiro atoms. The highest BCUT2D eigenvalue weighted by molar-refractivity contribution is 7.99. The van der Waals surface area contributed by atoms with Gasteiger partial charge in [0, 0.05) is 11.3 Å². The lowest BCUT2D eigenvalue weighted by molar-refractivity contribution is -0.116. The lowest BCUT2D eigenvalue weighted by atomic mass is 10.1. The third-order valence-corrected chi connectivity index (χ3v) is 5.13. The molecule has 0 saturated carbocycles. The highest BCUT2D eigenvalue weighted by atomic mass is 32.2. The van der Waals surface area contributed by atoms with Crippen molar-refractivity contribution >= 4 is 23.7 Å². The Morgan fingerprint density at radius 3 is 2.37 bits per heavy atom. The van der Waals surface area contributed by atoms with Crippen LogP contribution in [0.4, 0.5) is 6.01 Å². The first kappa shape index (κ1) is 19.2. The molecular weight excluding hydrogens is 358 g/mol. The standard InChI is InChI=1S/C21H23N3O2S/c1-15-5-9-17(10-6-15)14-20-23-24-21(26-20)22-19(25)4-3-13-27-18-11-7-16(2)8-12-18/h5-12H,3-4,13-14H2,1-2H3,(H,22,24,25). The first-order valence-corrected chi connectivity index (χ1v) is 9.94. The molecule has 0 atom stereocenters. The molecule has 1 aromatic heterocycles. The fourth-order valence-electron chi connectivity index (χ4n) is 2.50. The van der Waals surface area contributed by atoms with Crippen molar-refractivity contribution in [1.29, 1.82) is 0 Å². The second-order valence-electron chi connectivity index (χ2n) is 6.48. The molecule has 6 heteroatoms. The summed E-state index contributed by atoms with van der Waals surface area (Å²) >= 11 is 1.75. The quantitative estimate of drug-likeness (QED) is 0.449.